The minimum Gasteiger partial charge on any atom is -0.453 e. The van der Waals surface area contributed by atoms with Gasteiger partial charge in [0.15, 0.2) is 5.78 Å². The Balaban J connectivity index is 2.04. The average Bonchev–Trinajstić information content (AvgIpc) is 2.53. The molecule has 2 aromatic rings. The fourth-order valence-corrected chi connectivity index (χ4v) is 2.92. The second kappa shape index (κ2) is 5.56. The molecule has 0 aliphatic carbocycles. The lowest BCUT2D eigenvalue weighted by Crippen LogP contribution is -2.43. The third-order valence-electron chi connectivity index (χ3n) is 3.94. The van der Waals surface area contributed by atoms with Crippen molar-refractivity contribution in [3.05, 3.63) is 48.0 Å². The number of nitrogens with zero attached hydrogens (tertiary/aromatic N) is 1. The molecular formula is C17H17NO3. The molecule has 21 heavy (non-hydrogen) atoms. The normalized spacial score (nSPS) is 18.8. The standard InChI is InChI=1S/C17H17NO3/c1-21-17(20)18-10-4-7-15(19)16(18)14-9-8-12-5-2-3-6-13(12)11-14/h2-3,5-6,8-9,11,16H,4,7,10H2,1H3. The maximum absolute atomic E-state index is 12.3. The molecule has 1 atom stereocenters. The van der Waals surface area contributed by atoms with E-state index < -0.39 is 12.1 Å². The second-order valence-electron chi connectivity index (χ2n) is 5.24. The van der Waals surface area contributed by atoms with E-state index in [1.807, 2.05) is 42.5 Å². The van der Waals surface area contributed by atoms with Crippen molar-refractivity contribution in [2.45, 2.75) is 18.9 Å². The number of carbonyl (C=O) groups is 2. The summed E-state index contributed by atoms with van der Waals surface area (Å²) >= 11 is 0. The van der Waals surface area contributed by atoms with Gasteiger partial charge >= 0.3 is 6.09 Å². The third-order valence-corrected chi connectivity index (χ3v) is 3.94. The zero-order valence-electron chi connectivity index (χ0n) is 11.9. The van der Waals surface area contributed by atoms with Crippen molar-refractivity contribution in [3.63, 3.8) is 0 Å². The van der Waals surface area contributed by atoms with Gasteiger partial charge in [0.2, 0.25) is 0 Å². The SMILES string of the molecule is COC(=O)N1CCCC(=O)C1c1ccc2ccccc2c1. The Morgan fingerprint density at radius 3 is 2.71 bits per heavy atom. The summed E-state index contributed by atoms with van der Waals surface area (Å²) in [5.41, 5.74) is 0.851. The van der Waals surface area contributed by atoms with Crippen molar-refractivity contribution >= 4 is 22.6 Å². The van der Waals surface area contributed by atoms with E-state index in [1.165, 1.54) is 12.0 Å². The van der Waals surface area contributed by atoms with Crippen LogP contribution in [-0.4, -0.2) is 30.4 Å². The molecule has 1 unspecified atom stereocenters. The first kappa shape index (κ1) is 13.6. The molecule has 1 aliphatic rings. The number of hydrogen-bond donors (Lipinski definition) is 0. The van der Waals surface area contributed by atoms with Gasteiger partial charge in [0.25, 0.3) is 0 Å². The van der Waals surface area contributed by atoms with Gasteiger partial charge in [0.05, 0.1) is 7.11 Å². The molecule has 0 saturated carbocycles. The Bertz CT molecular complexity index is 695. The van der Waals surface area contributed by atoms with Crippen LogP contribution >= 0.6 is 0 Å². The van der Waals surface area contributed by atoms with Crippen LogP contribution in [0.2, 0.25) is 0 Å². The van der Waals surface area contributed by atoms with Crippen molar-refractivity contribution in [2.24, 2.45) is 0 Å². The minimum absolute atomic E-state index is 0.0712. The van der Waals surface area contributed by atoms with Crippen LogP contribution in [0, 0.1) is 0 Å². The molecule has 4 nitrogen and oxygen atoms in total. The molecular weight excluding hydrogens is 266 g/mol. The summed E-state index contributed by atoms with van der Waals surface area (Å²) in [6, 6.07) is 13.3. The number of piperidine rings is 1. The maximum Gasteiger partial charge on any atom is 0.410 e. The fraction of sp³-hybridized carbons (Fsp3) is 0.294. The smallest absolute Gasteiger partial charge is 0.410 e. The van der Waals surface area contributed by atoms with E-state index in [0.717, 1.165) is 16.3 Å². The summed E-state index contributed by atoms with van der Waals surface area (Å²) in [4.78, 5) is 25.7. The van der Waals surface area contributed by atoms with Crippen LogP contribution in [0.1, 0.15) is 24.4 Å². The quantitative estimate of drug-likeness (QED) is 0.806. The number of rotatable bonds is 1. The molecule has 0 aromatic heterocycles. The summed E-state index contributed by atoms with van der Waals surface area (Å²) in [6.07, 6.45) is 0.754. The van der Waals surface area contributed by atoms with E-state index in [-0.39, 0.29) is 5.78 Å². The first-order valence-corrected chi connectivity index (χ1v) is 7.06. The van der Waals surface area contributed by atoms with Gasteiger partial charge in [-0.15, -0.1) is 0 Å². The van der Waals surface area contributed by atoms with Gasteiger partial charge in [-0.2, -0.15) is 0 Å². The van der Waals surface area contributed by atoms with Gasteiger partial charge in [-0.1, -0.05) is 36.4 Å². The lowest BCUT2D eigenvalue weighted by Gasteiger charge is -2.33. The monoisotopic (exact) mass is 283 g/mol. The highest BCUT2D eigenvalue weighted by atomic mass is 16.5. The third kappa shape index (κ3) is 2.49. The molecule has 1 amide bonds. The zero-order chi connectivity index (χ0) is 14.8. The van der Waals surface area contributed by atoms with Crippen LogP contribution < -0.4 is 0 Å². The molecule has 0 radical (unpaired) electrons. The molecule has 0 bridgehead atoms. The van der Waals surface area contributed by atoms with Gasteiger partial charge in [-0.05, 0) is 28.8 Å². The Kier molecular flexibility index (Phi) is 3.60. The number of benzene rings is 2. The van der Waals surface area contributed by atoms with Crippen LogP contribution in [0.4, 0.5) is 4.79 Å². The first-order valence-electron chi connectivity index (χ1n) is 7.06. The molecule has 1 fully saturated rings. The van der Waals surface area contributed by atoms with E-state index >= 15 is 0 Å². The molecule has 0 N–H and O–H groups in total. The molecule has 1 heterocycles. The van der Waals surface area contributed by atoms with Crippen LogP contribution in [0.5, 0.6) is 0 Å². The van der Waals surface area contributed by atoms with Crippen molar-refractivity contribution in [3.8, 4) is 0 Å². The number of methoxy groups -OCH3 is 1. The number of fused-ring (bicyclic) bond motifs is 1. The van der Waals surface area contributed by atoms with E-state index in [4.69, 9.17) is 4.74 Å². The van der Waals surface area contributed by atoms with Crippen LogP contribution in [0.15, 0.2) is 42.5 Å². The highest BCUT2D eigenvalue weighted by Gasteiger charge is 2.34. The van der Waals surface area contributed by atoms with Crippen molar-refractivity contribution in [1.29, 1.82) is 0 Å². The van der Waals surface area contributed by atoms with Gasteiger partial charge in [0, 0.05) is 13.0 Å². The molecule has 1 saturated heterocycles. The number of carbonyl (C=O) groups excluding carboxylic acids is 2. The molecule has 108 valence electrons. The summed E-state index contributed by atoms with van der Waals surface area (Å²) in [6.45, 7) is 0.551. The van der Waals surface area contributed by atoms with Gasteiger partial charge in [0.1, 0.15) is 6.04 Å². The van der Waals surface area contributed by atoms with Crippen LogP contribution in [0.3, 0.4) is 0 Å². The lowest BCUT2D eigenvalue weighted by molar-refractivity contribution is -0.126. The number of amides is 1. The molecule has 3 rings (SSSR count). The summed E-state index contributed by atoms with van der Waals surface area (Å²) in [7, 11) is 1.35. The van der Waals surface area contributed by atoms with E-state index in [0.29, 0.717) is 19.4 Å². The Morgan fingerprint density at radius 1 is 1.19 bits per heavy atom. The number of ether oxygens (including phenoxy) is 1. The van der Waals surface area contributed by atoms with E-state index in [9.17, 15) is 9.59 Å². The first-order chi connectivity index (χ1) is 10.2. The van der Waals surface area contributed by atoms with Crippen LogP contribution in [0.25, 0.3) is 10.8 Å². The van der Waals surface area contributed by atoms with Crippen molar-refractivity contribution in [1.82, 2.24) is 4.90 Å². The average molecular weight is 283 g/mol. The Morgan fingerprint density at radius 2 is 1.95 bits per heavy atom. The predicted molar refractivity (Wildman–Crippen MR) is 80.0 cm³/mol. The topological polar surface area (TPSA) is 46.6 Å². The van der Waals surface area contributed by atoms with Gasteiger partial charge < -0.3 is 4.74 Å². The second-order valence-corrected chi connectivity index (χ2v) is 5.24. The largest absolute Gasteiger partial charge is 0.453 e. The van der Waals surface area contributed by atoms with E-state index in [2.05, 4.69) is 0 Å². The van der Waals surface area contributed by atoms with Crippen LogP contribution in [-0.2, 0) is 9.53 Å². The summed E-state index contributed by atoms with van der Waals surface area (Å²) in [5, 5.41) is 2.19. The number of hydrogen-bond acceptors (Lipinski definition) is 3. The molecule has 1 aliphatic heterocycles. The summed E-state index contributed by atoms with van der Waals surface area (Å²) < 4.78 is 4.81. The summed E-state index contributed by atoms with van der Waals surface area (Å²) in [5.74, 6) is 0.0712. The van der Waals surface area contributed by atoms with Gasteiger partial charge in [-0.25, -0.2) is 4.79 Å². The Labute approximate surface area is 123 Å². The predicted octanol–water partition coefficient (Wildman–Crippen LogP) is 3.31. The van der Waals surface area contributed by atoms with Gasteiger partial charge in [-0.3, -0.25) is 9.69 Å². The molecule has 2 aromatic carbocycles. The minimum atomic E-state index is -0.532. The molecule has 4 heteroatoms. The Hall–Kier alpha value is -2.36. The highest BCUT2D eigenvalue weighted by Crippen LogP contribution is 2.30. The molecule has 0 spiro atoms. The lowest BCUT2D eigenvalue weighted by atomic mass is 9.93. The van der Waals surface area contributed by atoms with Crippen molar-refractivity contribution in [2.75, 3.05) is 13.7 Å². The maximum atomic E-state index is 12.3. The number of Topliss-reactive ketones (excluding diaryl/α,β-unsaturated/α-hetero) is 1. The van der Waals surface area contributed by atoms with E-state index in [1.54, 1.807) is 0 Å². The number of ketones is 1. The van der Waals surface area contributed by atoms with Crippen molar-refractivity contribution < 1.29 is 14.3 Å². The fourth-order valence-electron chi connectivity index (χ4n) is 2.92. The highest BCUT2D eigenvalue weighted by molar-refractivity contribution is 5.91. The zero-order valence-corrected chi connectivity index (χ0v) is 11.9. The number of likely N-dealkylation sites (tertiary alicyclic amines) is 1.